The van der Waals surface area contributed by atoms with E-state index in [1.54, 1.807) is 97.1 Å². The van der Waals surface area contributed by atoms with E-state index >= 15 is 0 Å². The molecule has 0 heterocycles. The molecule has 10 aromatic rings. The highest BCUT2D eigenvalue weighted by atomic mass is 32.2. The van der Waals surface area contributed by atoms with Gasteiger partial charge in [0, 0.05) is 6.07 Å². The Labute approximate surface area is 430 Å². The van der Waals surface area contributed by atoms with Crippen molar-refractivity contribution in [1.82, 2.24) is 0 Å². The van der Waals surface area contributed by atoms with Crippen molar-refractivity contribution in [3.05, 3.63) is 305 Å². The van der Waals surface area contributed by atoms with E-state index in [2.05, 4.69) is 30.3 Å². The zero-order chi connectivity index (χ0) is 50.4. The quantitative estimate of drug-likeness (QED) is 0.0639. The molecule has 8 nitrogen and oxygen atoms in total. The third-order valence-electron chi connectivity index (χ3n) is 12.8. The maximum Gasteiger partial charge on any atom is 0.343 e. The molecule has 0 atom stereocenters. The van der Waals surface area contributed by atoms with Crippen LogP contribution in [0, 0.1) is 0 Å². The highest BCUT2D eigenvalue weighted by Crippen LogP contribution is 2.57. The van der Waals surface area contributed by atoms with Crippen LogP contribution in [0.1, 0.15) is 63.7 Å². The van der Waals surface area contributed by atoms with Crippen molar-refractivity contribution in [1.29, 1.82) is 0 Å². The van der Waals surface area contributed by atoms with Gasteiger partial charge in [0.15, 0.2) is 14.7 Å². The first-order chi connectivity index (χ1) is 36.3. The van der Waals surface area contributed by atoms with E-state index in [0.29, 0.717) is 45.3 Å². The molecule has 0 amide bonds. The van der Waals surface area contributed by atoms with E-state index in [-0.39, 0.29) is 0 Å². The maximum atomic E-state index is 13.2. The Morgan fingerprint density at radius 2 is 0.581 bits per heavy atom. The lowest BCUT2D eigenvalue weighted by molar-refractivity contribution is 0.0725. The SMILES string of the molecule is O=C(Oc1ccc([S+](c2ccc(OC(=O)c3ccccc3)cc2)c2ccc3c(c2)-c2ccccc2C3(c2ccc(OC(=O)c3ccccc3)cc2)c2ccc(OC(=O)c3ccccc3)cc2)cc1)c1ccccc1. The van der Waals surface area contributed by atoms with Gasteiger partial charge in [-0.2, -0.15) is 0 Å². The van der Waals surface area contributed by atoms with Gasteiger partial charge in [-0.25, -0.2) is 19.2 Å². The monoisotopic (exact) mass is 983 g/mol. The van der Waals surface area contributed by atoms with Crippen LogP contribution in [-0.4, -0.2) is 23.9 Å². The standard InChI is InChI=1S/C65H43O8S/c66-61(44-15-5-1-6-16-44)70-50-29-25-48(26-30-50)65(49-27-31-51(32-28-49)71-62(67)45-17-7-2-8-18-45)59-24-14-13-23-57(59)58-43-56(41-42-60(58)65)74(54-37-33-52(34-38-54)72-63(68)46-19-9-3-10-20-46)55-39-35-53(36-40-55)73-64(69)47-21-11-4-12-22-47/h1-43H/q+1. The van der Waals surface area contributed by atoms with Gasteiger partial charge in [0.25, 0.3) is 0 Å². The van der Waals surface area contributed by atoms with Crippen LogP contribution in [0.4, 0.5) is 0 Å². The smallest absolute Gasteiger partial charge is 0.343 e. The fraction of sp³-hybridized carbons (Fsp3) is 0.0154. The fourth-order valence-electron chi connectivity index (χ4n) is 9.38. The van der Waals surface area contributed by atoms with Crippen molar-refractivity contribution in [2.45, 2.75) is 20.1 Å². The molecule has 1 aliphatic rings. The number of ether oxygens (including phenoxy) is 4. The van der Waals surface area contributed by atoms with Gasteiger partial charge in [0.05, 0.1) is 38.6 Å². The number of hydrogen-bond acceptors (Lipinski definition) is 8. The Hall–Kier alpha value is -9.57. The van der Waals surface area contributed by atoms with Gasteiger partial charge in [-0.15, -0.1) is 0 Å². The minimum atomic E-state index is -0.887. The van der Waals surface area contributed by atoms with Gasteiger partial charge in [0.2, 0.25) is 0 Å². The average Bonchev–Trinajstić information content (AvgIpc) is 3.75. The number of fused-ring (bicyclic) bond motifs is 3. The molecule has 74 heavy (non-hydrogen) atoms. The molecule has 0 bridgehead atoms. The van der Waals surface area contributed by atoms with E-state index < -0.39 is 40.2 Å². The van der Waals surface area contributed by atoms with Crippen molar-refractivity contribution < 1.29 is 38.1 Å². The average molecular weight is 984 g/mol. The molecule has 10 aromatic carbocycles. The molecular weight excluding hydrogens is 941 g/mol. The van der Waals surface area contributed by atoms with Crippen molar-refractivity contribution >= 4 is 34.8 Å². The van der Waals surface area contributed by atoms with Gasteiger partial charge in [-0.1, -0.05) is 127 Å². The minimum absolute atomic E-state index is 0.397. The first-order valence-electron chi connectivity index (χ1n) is 23.8. The summed E-state index contributed by atoms with van der Waals surface area (Å²) in [6, 6.07) is 80.8. The molecular formula is C65H43O8S+. The summed E-state index contributed by atoms with van der Waals surface area (Å²) in [7, 11) is -0.739. The normalized spacial score (nSPS) is 12.0. The van der Waals surface area contributed by atoms with Crippen molar-refractivity contribution in [3.63, 3.8) is 0 Å². The number of esters is 4. The Morgan fingerprint density at radius 1 is 0.284 bits per heavy atom. The maximum absolute atomic E-state index is 13.2. The fourth-order valence-corrected chi connectivity index (χ4v) is 11.5. The second-order valence-electron chi connectivity index (χ2n) is 17.3. The Morgan fingerprint density at radius 3 is 0.946 bits per heavy atom. The number of carbonyl (C=O) groups is 4. The van der Waals surface area contributed by atoms with Crippen LogP contribution >= 0.6 is 0 Å². The van der Waals surface area contributed by atoms with Crippen LogP contribution in [-0.2, 0) is 16.3 Å². The van der Waals surface area contributed by atoms with E-state index in [1.807, 2.05) is 133 Å². The first kappa shape index (κ1) is 46.8. The predicted molar refractivity (Wildman–Crippen MR) is 284 cm³/mol. The lowest BCUT2D eigenvalue weighted by atomic mass is 9.67. The van der Waals surface area contributed by atoms with E-state index in [9.17, 15) is 19.2 Å². The predicted octanol–water partition coefficient (Wildman–Crippen LogP) is 14.0. The second-order valence-corrected chi connectivity index (χ2v) is 19.3. The van der Waals surface area contributed by atoms with E-state index in [0.717, 1.165) is 48.1 Å². The second kappa shape index (κ2) is 20.6. The summed E-state index contributed by atoms with van der Waals surface area (Å²) in [6.07, 6.45) is 0. The van der Waals surface area contributed by atoms with Crippen molar-refractivity contribution in [3.8, 4) is 34.1 Å². The molecule has 0 saturated heterocycles. The highest BCUT2D eigenvalue weighted by Gasteiger charge is 2.47. The minimum Gasteiger partial charge on any atom is -0.423 e. The van der Waals surface area contributed by atoms with Crippen LogP contribution in [0.3, 0.4) is 0 Å². The van der Waals surface area contributed by atoms with Gasteiger partial charge < -0.3 is 18.9 Å². The molecule has 0 fully saturated rings. The number of hydrogen-bond donors (Lipinski definition) is 0. The van der Waals surface area contributed by atoms with Crippen LogP contribution in [0.5, 0.6) is 23.0 Å². The molecule has 11 rings (SSSR count). The summed E-state index contributed by atoms with van der Waals surface area (Å²) in [6.45, 7) is 0. The third kappa shape index (κ3) is 9.39. The molecule has 1 aliphatic carbocycles. The van der Waals surface area contributed by atoms with Crippen LogP contribution in [0.2, 0.25) is 0 Å². The Kier molecular flexibility index (Phi) is 13.1. The summed E-state index contributed by atoms with van der Waals surface area (Å²) in [4.78, 5) is 55.4. The molecule has 0 aromatic heterocycles. The summed E-state index contributed by atoms with van der Waals surface area (Å²) < 4.78 is 23.3. The summed E-state index contributed by atoms with van der Waals surface area (Å²) in [5.74, 6) is -0.221. The van der Waals surface area contributed by atoms with Gasteiger partial charge >= 0.3 is 23.9 Å². The molecule has 0 N–H and O–H groups in total. The summed E-state index contributed by atoms with van der Waals surface area (Å²) in [5.41, 5.74) is 6.82. The van der Waals surface area contributed by atoms with Crippen LogP contribution < -0.4 is 18.9 Å². The van der Waals surface area contributed by atoms with E-state index in [4.69, 9.17) is 18.9 Å². The van der Waals surface area contributed by atoms with Crippen LogP contribution in [0.15, 0.2) is 276 Å². The zero-order valence-electron chi connectivity index (χ0n) is 39.5. The molecule has 356 valence electrons. The molecule has 0 spiro atoms. The molecule has 0 aliphatic heterocycles. The summed E-state index contributed by atoms with van der Waals surface area (Å²) in [5, 5.41) is 0. The summed E-state index contributed by atoms with van der Waals surface area (Å²) >= 11 is 0. The number of rotatable bonds is 13. The number of carbonyl (C=O) groups excluding carboxylic acids is 4. The number of benzene rings is 10. The third-order valence-corrected chi connectivity index (χ3v) is 15.0. The van der Waals surface area contributed by atoms with Gasteiger partial charge in [-0.05, 0) is 161 Å². The van der Waals surface area contributed by atoms with Crippen molar-refractivity contribution in [2.24, 2.45) is 0 Å². The van der Waals surface area contributed by atoms with Gasteiger partial charge in [0.1, 0.15) is 23.0 Å². The Bertz CT molecular complexity index is 3450. The molecule has 0 saturated carbocycles. The lowest BCUT2D eigenvalue weighted by Gasteiger charge is -2.34. The first-order valence-corrected chi connectivity index (χ1v) is 25.0. The highest BCUT2D eigenvalue weighted by molar-refractivity contribution is 7.97. The largest absolute Gasteiger partial charge is 0.423 e. The molecule has 9 heteroatoms. The molecule has 0 radical (unpaired) electrons. The van der Waals surface area contributed by atoms with E-state index in [1.165, 1.54) is 0 Å². The lowest BCUT2D eigenvalue weighted by Crippen LogP contribution is -2.28. The van der Waals surface area contributed by atoms with Crippen LogP contribution in [0.25, 0.3) is 11.1 Å². The van der Waals surface area contributed by atoms with Crippen molar-refractivity contribution in [2.75, 3.05) is 0 Å². The topological polar surface area (TPSA) is 105 Å². The Balaban J connectivity index is 1.01. The molecule has 0 unspecified atom stereocenters. The van der Waals surface area contributed by atoms with Gasteiger partial charge in [-0.3, -0.25) is 0 Å². The zero-order valence-corrected chi connectivity index (χ0v) is 40.3.